The molecule has 8 heavy (non-hydrogen) atoms. The molecule has 4 nitrogen and oxygen atoms in total. The molecule has 0 radical (unpaired) electrons. The van der Waals surface area contributed by atoms with Crippen LogP contribution in [0.25, 0.3) is 0 Å². The molecule has 0 spiro atoms. The van der Waals surface area contributed by atoms with E-state index in [1.165, 1.54) is 0 Å². The van der Waals surface area contributed by atoms with Crippen LogP contribution in [0, 0.1) is 0 Å². The molecule has 0 aliphatic rings. The van der Waals surface area contributed by atoms with Gasteiger partial charge in [0.15, 0.2) is 17.4 Å². The second-order valence-electron chi connectivity index (χ2n) is 0.600. The fraction of sp³-hybridized carbons (Fsp3) is 0. The van der Waals surface area contributed by atoms with Gasteiger partial charge < -0.3 is 19.2 Å². The van der Waals surface area contributed by atoms with E-state index in [9.17, 15) is 0 Å². The van der Waals surface area contributed by atoms with Crippen LogP contribution in [0.4, 0.5) is 0 Å². The van der Waals surface area contributed by atoms with Gasteiger partial charge in [-0.15, -0.1) is 0 Å². The van der Waals surface area contributed by atoms with Gasteiger partial charge in [-0.1, -0.05) is 0 Å². The Hall–Kier alpha value is 4.28. The van der Waals surface area contributed by atoms with Gasteiger partial charge >= 0.3 is 129 Å². The van der Waals surface area contributed by atoms with E-state index in [-0.39, 0.29) is 138 Å². The third-order valence-electron chi connectivity index (χ3n) is 0. The SMILES string of the molecule is O[Si](O)(O)O.[AlH3].[CsH].[KH]. The van der Waals surface area contributed by atoms with Gasteiger partial charge in [0.05, 0.1) is 0 Å². The first-order valence-corrected chi connectivity index (χ1v) is 2.68. The fourth-order valence-electron chi connectivity index (χ4n) is 0. The zero-order chi connectivity index (χ0) is 4.50. The Balaban J connectivity index is -0.0000000267. The summed E-state index contributed by atoms with van der Waals surface area (Å²) in [6.07, 6.45) is 0. The first-order valence-electron chi connectivity index (χ1n) is 0.894. The van der Waals surface area contributed by atoms with Gasteiger partial charge in [-0.25, -0.2) is 0 Å². The first-order chi connectivity index (χ1) is 2.00. The van der Waals surface area contributed by atoms with Gasteiger partial charge in [0.2, 0.25) is 0 Å². The molecule has 0 aromatic carbocycles. The predicted molar refractivity (Wildman–Crippen MR) is 38.9 cm³/mol. The van der Waals surface area contributed by atoms with Crippen molar-refractivity contribution in [1.82, 2.24) is 0 Å². The molecule has 0 aromatic rings. The second kappa shape index (κ2) is 11.3. The Morgan fingerprint density at radius 3 is 0.875 bits per heavy atom. The molecular weight excluding hydrogens is 291 g/mol. The number of hydrogen-bond acceptors (Lipinski definition) is 4. The molecule has 0 fully saturated rings. The molecule has 0 saturated heterocycles. The van der Waals surface area contributed by atoms with Gasteiger partial charge in [0.25, 0.3) is 0 Å². The summed E-state index contributed by atoms with van der Waals surface area (Å²) < 4.78 is 0. The summed E-state index contributed by atoms with van der Waals surface area (Å²) in [7, 11) is -4.61. The van der Waals surface area contributed by atoms with E-state index in [2.05, 4.69) is 0 Å². The van der Waals surface area contributed by atoms with Crippen LogP contribution < -0.4 is 0 Å². The Kier molecular flexibility index (Phi) is 32.1. The van der Waals surface area contributed by atoms with E-state index in [0.717, 1.165) is 0 Å². The van der Waals surface area contributed by atoms with Crippen molar-refractivity contribution in [2.45, 2.75) is 0 Å². The van der Waals surface area contributed by atoms with Gasteiger partial charge in [0, 0.05) is 0 Å². The average Bonchev–Trinajstić information content (AvgIpc) is 0.722. The zero-order valence-corrected chi connectivity index (χ0v) is 3.29. The first kappa shape index (κ1) is 22.8. The monoisotopic (exact) mass is 300 g/mol. The summed E-state index contributed by atoms with van der Waals surface area (Å²) in [5, 5.41) is 0. The van der Waals surface area contributed by atoms with E-state index >= 15 is 0 Å². The van der Waals surface area contributed by atoms with E-state index < -0.39 is 9.05 Å². The maximum atomic E-state index is 7.33. The summed E-state index contributed by atoms with van der Waals surface area (Å²) in [5.41, 5.74) is 0. The molecular formula is H9AlCsKO4Si. The summed E-state index contributed by atoms with van der Waals surface area (Å²) in [6, 6.07) is 0. The van der Waals surface area contributed by atoms with Crippen molar-refractivity contribution >= 4 is 147 Å². The molecule has 0 bridgehead atoms. The Bertz CT molecular complexity index is 31.5. The van der Waals surface area contributed by atoms with Crippen LogP contribution in [0.3, 0.4) is 0 Å². The standard InChI is InChI=1S/Al.Cs.K.H4O4Si.5H/c;;;1-5(2,3)4;;;;;/h;;;1-4H;;;;;. The molecule has 8 heteroatoms. The maximum absolute atomic E-state index is 7.33. The third-order valence-corrected chi connectivity index (χ3v) is 0. The minimum atomic E-state index is -4.61. The summed E-state index contributed by atoms with van der Waals surface area (Å²) in [5.74, 6) is 0. The zero-order valence-electron chi connectivity index (χ0n) is 2.29. The molecule has 0 atom stereocenters. The van der Waals surface area contributed by atoms with Gasteiger partial charge in [-0.2, -0.15) is 0 Å². The molecule has 0 aliphatic heterocycles. The number of hydrogen-bond donors (Lipinski definition) is 4. The topological polar surface area (TPSA) is 80.9 Å². The van der Waals surface area contributed by atoms with Crippen LogP contribution >= 0.6 is 0 Å². The molecule has 0 aromatic heterocycles. The van der Waals surface area contributed by atoms with Crippen LogP contribution in [0.2, 0.25) is 0 Å². The Labute approximate surface area is 161 Å². The second-order valence-corrected chi connectivity index (χ2v) is 1.80. The van der Waals surface area contributed by atoms with E-state index in [1.54, 1.807) is 0 Å². The minimum absolute atomic E-state index is 0. The van der Waals surface area contributed by atoms with Gasteiger partial charge in [-0.3, -0.25) is 0 Å². The van der Waals surface area contributed by atoms with Crippen molar-refractivity contribution in [2.24, 2.45) is 0 Å². The van der Waals surface area contributed by atoms with Crippen molar-refractivity contribution in [3.63, 3.8) is 0 Å². The summed E-state index contributed by atoms with van der Waals surface area (Å²) in [4.78, 5) is 29.3. The van der Waals surface area contributed by atoms with Crippen molar-refractivity contribution in [3.8, 4) is 0 Å². The summed E-state index contributed by atoms with van der Waals surface area (Å²) >= 11 is 0. The molecule has 4 N–H and O–H groups in total. The van der Waals surface area contributed by atoms with Crippen LogP contribution in [0.1, 0.15) is 0 Å². The average molecular weight is 300 g/mol. The van der Waals surface area contributed by atoms with Crippen LogP contribution in [0.15, 0.2) is 0 Å². The molecule has 0 heterocycles. The Morgan fingerprint density at radius 1 is 0.875 bits per heavy atom. The van der Waals surface area contributed by atoms with Crippen molar-refractivity contribution in [3.05, 3.63) is 0 Å². The Morgan fingerprint density at radius 2 is 0.875 bits per heavy atom. The molecule has 0 rings (SSSR count). The molecule has 0 aliphatic carbocycles. The van der Waals surface area contributed by atoms with E-state index in [4.69, 9.17) is 19.2 Å². The van der Waals surface area contributed by atoms with Crippen molar-refractivity contribution in [2.75, 3.05) is 0 Å². The summed E-state index contributed by atoms with van der Waals surface area (Å²) in [6.45, 7) is 0. The van der Waals surface area contributed by atoms with Crippen LogP contribution in [0.5, 0.6) is 0 Å². The fourth-order valence-corrected chi connectivity index (χ4v) is 0. The quantitative estimate of drug-likeness (QED) is 0.338. The van der Waals surface area contributed by atoms with E-state index in [1.807, 2.05) is 0 Å². The van der Waals surface area contributed by atoms with Gasteiger partial charge in [0.1, 0.15) is 0 Å². The molecule has 0 amide bonds. The van der Waals surface area contributed by atoms with Crippen molar-refractivity contribution < 1.29 is 19.2 Å². The third kappa shape index (κ3) is 48.3. The predicted octanol–water partition coefficient (Wildman–Crippen LogP) is -5.09. The molecule has 42 valence electrons. The molecule has 0 saturated carbocycles. The van der Waals surface area contributed by atoms with Crippen molar-refractivity contribution in [1.29, 1.82) is 0 Å². The van der Waals surface area contributed by atoms with E-state index in [0.29, 0.717) is 0 Å². The van der Waals surface area contributed by atoms with Crippen LogP contribution in [-0.4, -0.2) is 166 Å². The van der Waals surface area contributed by atoms with Gasteiger partial charge in [-0.05, 0) is 0 Å². The normalized spacial score (nSPS) is 7.50. The molecule has 0 unspecified atom stereocenters. The van der Waals surface area contributed by atoms with Crippen LogP contribution in [-0.2, 0) is 0 Å². The number of rotatable bonds is 0.